The van der Waals surface area contributed by atoms with Crippen molar-refractivity contribution in [2.24, 2.45) is 5.41 Å². The minimum atomic E-state index is -3.49. The molecule has 0 saturated heterocycles. The van der Waals surface area contributed by atoms with E-state index in [1.165, 1.54) is 32.4 Å². The van der Waals surface area contributed by atoms with Crippen molar-refractivity contribution in [3.05, 3.63) is 59.9 Å². The second kappa shape index (κ2) is 8.77. The fraction of sp³-hybridized carbons (Fsp3) is 0.350. The van der Waals surface area contributed by atoms with Gasteiger partial charge in [-0.2, -0.15) is 0 Å². The molecule has 0 radical (unpaired) electrons. The van der Waals surface area contributed by atoms with Crippen LogP contribution in [0.1, 0.15) is 12.0 Å². The maximum atomic E-state index is 14.4. The number of benzene rings is 1. The Morgan fingerprint density at radius 2 is 2.00 bits per heavy atom. The van der Waals surface area contributed by atoms with Crippen LogP contribution in [0.2, 0.25) is 0 Å². The number of hydroxylamine groups is 2. The Morgan fingerprint density at radius 1 is 1.32 bits per heavy atom. The SMILES string of the molecule is CON(C)C(=O)[C@@]1(Cc2ccc(F)c(-c3ncc(F)cn3)c2)C=C[C@H](NS(C)(=O)=O)C1. The van der Waals surface area contributed by atoms with Crippen LogP contribution in [0.3, 0.4) is 0 Å². The van der Waals surface area contributed by atoms with E-state index in [-0.39, 0.29) is 30.1 Å². The number of nitrogens with zero attached hydrogens (tertiary/aromatic N) is 3. The Bertz CT molecular complexity index is 1110. The summed E-state index contributed by atoms with van der Waals surface area (Å²) in [7, 11) is -0.687. The van der Waals surface area contributed by atoms with Gasteiger partial charge in [-0.05, 0) is 30.5 Å². The van der Waals surface area contributed by atoms with Gasteiger partial charge in [0.05, 0.1) is 36.7 Å². The standard InChI is InChI=1S/C20H22F2N4O4S/c1-26(30-2)19(27)20(7-6-15(10-20)25-31(3,28)29)9-13-4-5-17(22)16(8-13)18-23-11-14(21)12-24-18/h4-8,11-12,15,25H,9-10H2,1-3H3/t15-,20+/m0/s1. The third-order valence-electron chi connectivity index (χ3n) is 4.99. The molecule has 1 amide bonds. The highest BCUT2D eigenvalue weighted by Crippen LogP contribution is 2.38. The van der Waals surface area contributed by atoms with Crippen molar-refractivity contribution < 1.29 is 26.8 Å². The molecule has 8 nitrogen and oxygen atoms in total. The molecule has 0 spiro atoms. The molecule has 11 heteroatoms. The summed E-state index contributed by atoms with van der Waals surface area (Å²) >= 11 is 0. The molecule has 0 aliphatic heterocycles. The van der Waals surface area contributed by atoms with E-state index >= 15 is 0 Å². The van der Waals surface area contributed by atoms with E-state index in [0.717, 1.165) is 23.7 Å². The van der Waals surface area contributed by atoms with Gasteiger partial charge in [0.2, 0.25) is 10.0 Å². The van der Waals surface area contributed by atoms with Gasteiger partial charge >= 0.3 is 0 Å². The number of hydrogen-bond acceptors (Lipinski definition) is 6. The number of sulfonamides is 1. The van der Waals surface area contributed by atoms with Gasteiger partial charge in [-0.15, -0.1) is 0 Å². The molecular formula is C20H22F2N4O4S. The van der Waals surface area contributed by atoms with Gasteiger partial charge in [-0.25, -0.2) is 37.0 Å². The van der Waals surface area contributed by atoms with Crippen LogP contribution in [0.25, 0.3) is 11.4 Å². The molecule has 2 atom stereocenters. The largest absolute Gasteiger partial charge is 0.275 e. The molecule has 3 rings (SSSR count). The number of rotatable bonds is 7. The Balaban J connectivity index is 1.95. The second-order valence-corrected chi connectivity index (χ2v) is 9.20. The summed E-state index contributed by atoms with van der Waals surface area (Å²) in [4.78, 5) is 25.8. The zero-order valence-corrected chi connectivity index (χ0v) is 18.0. The zero-order chi connectivity index (χ0) is 22.8. The van der Waals surface area contributed by atoms with Crippen LogP contribution in [-0.2, 0) is 26.1 Å². The number of carbonyl (C=O) groups is 1. The van der Waals surface area contributed by atoms with Crippen molar-refractivity contribution in [2.45, 2.75) is 18.9 Å². The molecule has 0 saturated carbocycles. The number of halogens is 2. The summed E-state index contributed by atoms with van der Waals surface area (Å²) in [5, 5.41) is 1.07. The molecule has 166 valence electrons. The van der Waals surface area contributed by atoms with E-state index in [9.17, 15) is 22.0 Å². The molecule has 2 aromatic rings. The van der Waals surface area contributed by atoms with Crippen LogP contribution < -0.4 is 4.72 Å². The highest BCUT2D eigenvalue weighted by atomic mass is 32.2. The molecule has 0 fully saturated rings. The molecule has 1 aromatic heterocycles. The fourth-order valence-electron chi connectivity index (χ4n) is 3.62. The number of carbonyl (C=O) groups excluding carboxylic acids is 1. The Morgan fingerprint density at radius 3 is 2.61 bits per heavy atom. The van der Waals surface area contributed by atoms with Crippen molar-refractivity contribution in [1.82, 2.24) is 19.8 Å². The highest BCUT2D eigenvalue weighted by Gasteiger charge is 2.44. The second-order valence-electron chi connectivity index (χ2n) is 7.42. The van der Waals surface area contributed by atoms with Gasteiger partial charge < -0.3 is 0 Å². The molecule has 1 aliphatic rings. The van der Waals surface area contributed by atoms with Crippen LogP contribution in [0.4, 0.5) is 8.78 Å². The summed E-state index contributed by atoms with van der Waals surface area (Å²) in [6.07, 6.45) is 6.49. The third kappa shape index (κ3) is 5.30. The first-order chi connectivity index (χ1) is 14.5. The molecule has 0 bridgehead atoms. The fourth-order valence-corrected chi connectivity index (χ4v) is 4.33. The van der Waals surface area contributed by atoms with Gasteiger partial charge in [0.15, 0.2) is 11.6 Å². The van der Waals surface area contributed by atoms with Gasteiger partial charge in [0, 0.05) is 13.1 Å². The van der Waals surface area contributed by atoms with E-state index in [2.05, 4.69) is 14.7 Å². The molecule has 1 heterocycles. The van der Waals surface area contributed by atoms with E-state index in [4.69, 9.17) is 4.84 Å². The minimum absolute atomic E-state index is 0.00807. The van der Waals surface area contributed by atoms with Crippen LogP contribution in [-0.4, -0.2) is 55.8 Å². The summed E-state index contributed by atoms with van der Waals surface area (Å²) in [6.45, 7) is 0. The highest BCUT2D eigenvalue weighted by molar-refractivity contribution is 7.88. The number of amides is 1. The number of nitrogens with one attached hydrogen (secondary N) is 1. The van der Waals surface area contributed by atoms with Gasteiger partial charge in [-0.1, -0.05) is 18.2 Å². The molecular weight excluding hydrogens is 430 g/mol. The third-order valence-corrected chi connectivity index (χ3v) is 5.73. The van der Waals surface area contributed by atoms with E-state index in [0.29, 0.717) is 5.56 Å². The van der Waals surface area contributed by atoms with Crippen LogP contribution in [0, 0.1) is 17.0 Å². The maximum Gasteiger partial charge on any atom is 0.256 e. The van der Waals surface area contributed by atoms with E-state index < -0.39 is 33.1 Å². The maximum absolute atomic E-state index is 14.4. The summed E-state index contributed by atoms with van der Waals surface area (Å²) < 4.78 is 53.3. The quantitative estimate of drug-likeness (QED) is 0.508. The minimum Gasteiger partial charge on any atom is -0.275 e. The van der Waals surface area contributed by atoms with Gasteiger partial charge in [-0.3, -0.25) is 9.63 Å². The topological polar surface area (TPSA) is 101 Å². The molecule has 1 aromatic carbocycles. The zero-order valence-electron chi connectivity index (χ0n) is 17.2. The predicted octanol–water partition coefficient (Wildman–Crippen LogP) is 1.85. The van der Waals surface area contributed by atoms with Crippen molar-refractivity contribution in [2.75, 3.05) is 20.4 Å². The lowest BCUT2D eigenvalue weighted by atomic mass is 9.79. The average Bonchev–Trinajstić information content (AvgIpc) is 3.10. The monoisotopic (exact) mass is 452 g/mol. The van der Waals surface area contributed by atoms with Crippen LogP contribution in [0.5, 0.6) is 0 Å². The van der Waals surface area contributed by atoms with Crippen molar-refractivity contribution >= 4 is 15.9 Å². The van der Waals surface area contributed by atoms with E-state index in [1.807, 2.05) is 0 Å². The van der Waals surface area contributed by atoms with Crippen molar-refractivity contribution in [3.8, 4) is 11.4 Å². The van der Waals surface area contributed by atoms with Crippen LogP contribution in [0.15, 0.2) is 42.7 Å². The van der Waals surface area contributed by atoms with Gasteiger partial charge in [0.1, 0.15) is 5.82 Å². The number of aromatic nitrogens is 2. The molecule has 0 unspecified atom stereocenters. The predicted molar refractivity (Wildman–Crippen MR) is 109 cm³/mol. The summed E-state index contributed by atoms with van der Waals surface area (Å²) in [5.41, 5.74) is -0.467. The van der Waals surface area contributed by atoms with Gasteiger partial charge in [0.25, 0.3) is 5.91 Å². The smallest absolute Gasteiger partial charge is 0.256 e. The number of hydrogen-bond donors (Lipinski definition) is 1. The summed E-state index contributed by atoms with van der Waals surface area (Å²) in [6, 6.07) is 3.66. The lowest BCUT2D eigenvalue weighted by Crippen LogP contribution is -2.43. The Labute approximate surface area is 179 Å². The lowest BCUT2D eigenvalue weighted by Gasteiger charge is -2.31. The Hall–Kier alpha value is -2.76. The molecule has 31 heavy (non-hydrogen) atoms. The molecule has 1 aliphatic carbocycles. The summed E-state index contributed by atoms with van der Waals surface area (Å²) in [5.74, 6) is -1.61. The van der Waals surface area contributed by atoms with Crippen molar-refractivity contribution in [3.63, 3.8) is 0 Å². The van der Waals surface area contributed by atoms with Crippen molar-refractivity contribution in [1.29, 1.82) is 0 Å². The first-order valence-electron chi connectivity index (χ1n) is 9.28. The molecule has 1 N–H and O–H groups in total. The first-order valence-corrected chi connectivity index (χ1v) is 11.2. The normalized spacial score (nSPS) is 20.7. The van der Waals surface area contributed by atoms with E-state index in [1.54, 1.807) is 12.2 Å². The first kappa shape index (κ1) is 22.9. The average molecular weight is 452 g/mol. The lowest BCUT2D eigenvalue weighted by molar-refractivity contribution is -0.177. The Kier molecular flexibility index (Phi) is 6.48. The van der Waals surface area contributed by atoms with Crippen LogP contribution >= 0.6 is 0 Å².